The van der Waals surface area contributed by atoms with Crippen molar-refractivity contribution in [1.82, 2.24) is 10.2 Å². The predicted molar refractivity (Wildman–Crippen MR) is 71.2 cm³/mol. The fourth-order valence-corrected chi connectivity index (χ4v) is 3.53. The predicted octanol–water partition coefficient (Wildman–Crippen LogP) is 1.87. The molecule has 3 heteroatoms. The number of piperidine rings is 1. The van der Waals surface area contributed by atoms with E-state index in [1.165, 1.54) is 25.7 Å². The van der Waals surface area contributed by atoms with Crippen molar-refractivity contribution in [2.45, 2.75) is 63.8 Å². The van der Waals surface area contributed by atoms with E-state index in [0.717, 1.165) is 24.6 Å². The van der Waals surface area contributed by atoms with E-state index in [1.807, 2.05) is 0 Å². The second-order valence-electron chi connectivity index (χ2n) is 6.06. The Bertz CT molecular complexity index is 230. The van der Waals surface area contributed by atoms with Crippen molar-refractivity contribution in [3.63, 3.8) is 0 Å². The van der Waals surface area contributed by atoms with E-state index in [9.17, 15) is 0 Å². The Morgan fingerprint density at radius 3 is 2.29 bits per heavy atom. The molecule has 2 aliphatic heterocycles. The van der Waals surface area contributed by atoms with Crippen LogP contribution < -0.4 is 5.32 Å². The number of nitrogens with one attached hydrogen (secondary N) is 1. The van der Waals surface area contributed by atoms with E-state index in [2.05, 4.69) is 38.2 Å². The van der Waals surface area contributed by atoms with E-state index < -0.39 is 0 Å². The smallest absolute Gasteiger partial charge is 0.0625 e. The molecule has 2 fully saturated rings. The van der Waals surface area contributed by atoms with Gasteiger partial charge in [-0.1, -0.05) is 0 Å². The van der Waals surface area contributed by atoms with Crippen LogP contribution in [-0.2, 0) is 4.74 Å². The minimum absolute atomic E-state index is 0.342. The molecule has 3 atom stereocenters. The van der Waals surface area contributed by atoms with E-state index in [0.29, 0.717) is 12.1 Å². The lowest BCUT2D eigenvalue weighted by Crippen LogP contribution is -2.48. The van der Waals surface area contributed by atoms with Gasteiger partial charge in [-0.2, -0.15) is 0 Å². The van der Waals surface area contributed by atoms with Gasteiger partial charge >= 0.3 is 0 Å². The third-order valence-corrected chi connectivity index (χ3v) is 4.68. The Morgan fingerprint density at radius 2 is 1.82 bits per heavy atom. The summed E-state index contributed by atoms with van der Waals surface area (Å²) in [6.07, 6.45) is 5.84. The standard InChI is InChI=1S/C14H28N2O/c1-10(2)17-9-14(15-3)11-7-12-5-6-13(8-11)16(12)4/h10-15H,5-9H2,1-4H3. The minimum Gasteiger partial charge on any atom is -0.377 e. The van der Waals surface area contributed by atoms with E-state index in [4.69, 9.17) is 4.74 Å². The highest BCUT2D eigenvalue weighted by molar-refractivity contribution is 4.96. The van der Waals surface area contributed by atoms with Gasteiger partial charge in [0.15, 0.2) is 0 Å². The van der Waals surface area contributed by atoms with E-state index >= 15 is 0 Å². The van der Waals surface area contributed by atoms with Gasteiger partial charge in [0, 0.05) is 18.1 Å². The summed E-state index contributed by atoms with van der Waals surface area (Å²) in [5.41, 5.74) is 0. The maximum Gasteiger partial charge on any atom is 0.0625 e. The molecule has 0 radical (unpaired) electrons. The number of rotatable bonds is 5. The quantitative estimate of drug-likeness (QED) is 0.794. The van der Waals surface area contributed by atoms with Gasteiger partial charge in [-0.3, -0.25) is 0 Å². The number of nitrogens with zero attached hydrogens (tertiary/aromatic N) is 1. The summed E-state index contributed by atoms with van der Waals surface area (Å²) in [7, 11) is 4.38. The summed E-state index contributed by atoms with van der Waals surface area (Å²) in [6.45, 7) is 5.10. The molecule has 100 valence electrons. The Hall–Kier alpha value is -0.120. The second-order valence-corrected chi connectivity index (χ2v) is 6.06. The topological polar surface area (TPSA) is 24.5 Å². The zero-order valence-electron chi connectivity index (χ0n) is 11.8. The van der Waals surface area contributed by atoms with E-state index in [-0.39, 0.29) is 0 Å². The van der Waals surface area contributed by atoms with Crippen LogP contribution in [0.3, 0.4) is 0 Å². The summed E-state index contributed by atoms with van der Waals surface area (Å²) >= 11 is 0. The van der Waals surface area contributed by atoms with Crippen LogP contribution in [0.25, 0.3) is 0 Å². The summed E-state index contributed by atoms with van der Waals surface area (Å²) in [5.74, 6) is 0.799. The van der Waals surface area contributed by atoms with Crippen molar-refractivity contribution in [2.24, 2.45) is 5.92 Å². The first kappa shape index (κ1) is 13.3. The van der Waals surface area contributed by atoms with Gasteiger partial charge < -0.3 is 15.0 Å². The highest BCUT2D eigenvalue weighted by Crippen LogP contribution is 2.38. The summed E-state index contributed by atoms with van der Waals surface area (Å²) < 4.78 is 5.79. The van der Waals surface area contributed by atoms with Crippen LogP contribution in [0.1, 0.15) is 39.5 Å². The van der Waals surface area contributed by atoms with Crippen LogP contribution in [0.2, 0.25) is 0 Å². The fraction of sp³-hybridized carbons (Fsp3) is 1.00. The molecule has 0 saturated carbocycles. The SMILES string of the molecule is CNC(COC(C)C)C1CC2CCC(C1)N2C. The Balaban J connectivity index is 1.88. The lowest BCUT2D eigenvalue weighted by atomic mass is 9.85. The molecule has 1 N–H and O–H groups in total. The Morgan fingerprint density at radius 1 is 1.24 bits per heavy atom. The van der Waals surface area contributed by atoms with Gasteiger partial charge in [-0.05, 0) is 59.5 Å². The normalized spacial score (nSPS) is 35.5. The largest absolute Gasteiger partial charge is 0.377 e. The fourth-order valence-electron chi connectivity index (χ4n) is 3.53. The molecule has 0 aromatic heterocycles. The van der Waals surface area contributed by atoms with Gasteiger partial charge in [0.2, 0.25) is 0 Å². The third kappa shape index (κ3) is 3.01. The second kappa shape index (κ2) is 5.68. The Kier molecular flexibility index (Phi) is 4.45. The summed E-state index contributed by atoms with van der Waals surface area (Å²) in [5, 5.41) is 3.47. The highest BCUT2D eigenvalue weighted by atomic mass is 16.5. The van der Waals surface area contributed by atoms with Crippen molar-refractivity contribution >= 4 is 0 Å². The van der Waals surface area contributed by atoms with Gasteiger partial charge in [-0.15, -0.1) is 0 Å². The van der Waals surface area contributed by atoms with Crippen LogP contribution in [-0.4, -0.2) is 49.8 Å². The maximum absolute atomic E-state index is 5.79. The van der Waals surface area contributed by atoms with Crippen LogP contribution in [0.4, 0.5) is 0 Å². The molecule has 2 heterocycles. The number of ether oxygens (including phenoxy) is 1. The molecule has 17 heavy (non-hydrogen) atoms. The van der Waals surface area contributed by atoms with Crippen molar-refractivity contribution in [3.8, 4) is 0 Å². The number of hydrogen-bond donors (Lipinski definition) is 1. The summed E-state index contributed by atoms with van der Waals surface area (Å²) in [6, 6.07) is 2.19. The molecule has 2 bridgehead atoms. The number of hydrogen-bond acceptors (Lipinski definition) is 3. The van der Waals surface area contributed by atoms with Gasteiger partial charge in [0.25, 0.3) is 0 Å². The zero-order chi connectivity index (χ0) is 12.4. The molecular weight excluding hydrogens is 212 g/mol. The van der Waals surface area contributed by atoms with Crippen LogP contribution in [0.5, 0.6) is 0 Å². The van der Waals surface area contributed by atoms with Crippen LogP contribution in [0, 0.1) is 5.92 Å². The lowest BCUT2D eigenvalue weighted by Gasteiger charge is -2.39. The molecule has 2 aliphatic rings. The molecule has 0 amide bonds. The van der Waals surface area contributed by atoms with Crippen molar-refractivity contribution in [3.05, 3.63) is 0 Å². The monoisotopic (exact) mass is 240 g/mol. The molecule has 0 aromatic carbocycles. The van der Waals surface area contributed by atoms with E-state index in [1.54, 1.807) is 0 Å². The third-order valence-electron chi connectivity index (χ3n) is 4.68. The molecule has 3 nitrogen and oxygen atoms in total. The first-order valence-corrected chi connectivity index (χ1v) is 7.12. The zero-order valence-corrected chi connectivity index (χ0v) is 11.8. The van der Waals surface area contributed by atoms with Gasteiger partial charge in [-0.25, -0.2) is 0 Å². The average Bonchev–Trinajstić information content (AvgIpc) is 2.53. The van der Waals surface area contributed by atoms with Gasteiger partial charge in [0.1, 0.15) is 0 Å². The molecular formula is C14H28N2O. The Labute approximate surface area is 106 Å². The lowest BCUT2D eigenvalue weighted by molar-refractivity contribution is 0.0302. The van der Waals surface area contributed by atoms with Gasteiger partial charge in [0.05, 0.1) is 12.7 Å². The molecule has 0 aromatic rings. The van der Waals surface area contributed by atoms with Crippen molar-refractivity contribution < 1.29 is 4.74 Å². The first-order valence-electron chi connectivity index (χ1n) is 7.12. The molecule has 2 saturated heterocycles. The van der Waals surface area contributed by atoms with Crippen molar-refractivity contribution in [2.75, 3.05) is 20.7 Å². The van der Waals surface area contributed by atoms with Crippen LogP contribution in [0.15, 0.2) is 0 Å². The van der Waals surface area contributed by atoms with Crippen molar-refractivity contribution in [1.29, 1.82) is 0 Å². The molecule has 0 spiro atoms. The minimum atomic E-state index is 0.342. The molecule has 3 unspecified atom stereocenters. The average molecular weight is 240 g/mol. The maximum atomic E-state index is 5.79. The summed E-state index contributed by atoms with van der Waals surface area (Å²) in [4.78, 5) is 2.60. The number of likely N-dealkylation sites (N-methyl/N-ethyl adjacent to an activating group) is 1. The molecule has 2 rings (SSSR count). The highest BCUT2D eigenvalue weighted by Gasteiger charge is 2.40. The van der Waals surface area contributed by atoms with Crippen LogP contribution >= 0.6 is 0 Å². The first-order chi connectivity index (χ1) is 8.11. The molecule has 0 aliphatic carbocycles. The number of fused-ring (bicyclic) bond motifs is 2.